The first-order valence-electron chi connectivity index (χ1n) is 6.78. The van der Waals surface area contributed by atoms with Crippen molar-refractivity contribution in [3.05, 3.63) is 14.9 Å². The van der Waals surface area contributed by atoms with E-state index in [9.17, 15) is 0 Å². The molecular weight excluding hydrogens is 2770 g/mol. The third kappa shape index (κ3) is 699. The molecule has 0 aliphatic carbocycles. The molecule has 316 valence electrons. The molecule has 0 atom stereocenters. The fraction of sp³-hybridized carbons (Fsp3) is 0.929. The van der Waals surface area contributed by atoms with Crippen molar-refractivity contribution in [2.45, 2.75) is 102 Å². The summed E-state index contributed by atoms with van der Waals surface area (Å²) in [6, 6.07) is 0. The predicted molar refractivity (Wildman–Crippen MR) is 292 cm³/mol. The van der Waals surface area contributed by atoms with Crippen molar-refractivity contribution < 1.29 is 523 Å². The van der Waals surface area contributed by atoms with E-state index < -0.39 is 0 Å². The van der Waals surface area contributed by atoms with Crippen LogP contribution in [0.5, 0.6) is 0 Å². The second-order valence-corrected chi connectivity index (χ2v) is 11.0. The van der Waals surface area contributed by atoms with Gasteiger partial charge in [0, 0.05) is 523 Å². The van der Waals surface area contributed by atoms with E-state index in [-0.39, 0.29) is 612 Å². The number of alkyl halides is 12. The fourth-order valence-electron chi connectivity index (χ4n) is 0. The minimum absolute atomic E-state index is 0. The summed E-state index contributed by atoms with van der Waals surface area (Å²) in [5.74, 6) is 0. The molecule has 0 saturated heterocycles. The molecule has 0 aromatic heterocycles. The van der Waals surface area contributed by atoms with E-state index in [1.807, 2.05) is 47.4 Å². The zero-order chi connectivity index (χ0) is 22.8. The Morgan fingerprint density at radius 2 is 0.192 bits per heavy atom. The molecule has 24 heteroatoms. The van der Waals surface area contributed by atoms with E-state index >= 15 is 0 Å². The number of halogens is 8. The minimum atomic E-state index is 0. The van der Waals surface area contributed by atoms with Crippen LogP contribution in [0.15, 0.2) is 0 Å². The summed E-state index contributed by atoms with van der Waals surface area (Å²) in [6.07, 6.45) is 0. The second-order valence-electron chi connectivity index (χ2n) is 1.63. The average Bonchev–Trinajstić information content (AvgIpc) is 2.67. The summed E-state index contributed by atoms with van der Waals surface area (Å²) < 4.78 is 0. The third-order valence-electron chi connectivity index (χ3n) is 0. The Labute approximate surface area is 846 Å². The minimum Gasteiger partial charge on any atom is -0.358 e. The maximum absolute atomic E-state index is 2.26. The number of rotatable bonds is 0. The Kier molecular flexibility index (Phi) is 3050. The van der Waals surface area contributed by atoms with Crippen LogP contribution in [0.25, 0.3) is 0 Å². The van der Waals surface area contributed by atoms with E-state index in [0.717, 1.165) is 0 Å². The molecular formula is C28H98I8Y16-2. The van der Waals surface area contributed by atoms with Crippen LogP contribution in [0.3, 0.4) is 0 Å². The molecule has 0 heterocycles. The molecule has 0 nitrogen and oxygen atoms in total. The smallest absolute Gasteiger partial charge is 0 e. The van der Waals surface area contributed by atoms with Gasteiger partial charge in [-0.05, 0) is 19.7 Å². The van der Waals surface area contributed by atoms with Gasteiger partial charge < -0.3 is 14.9 Å². The van der Waals surface area contributed by atoms with Gasteiger partial charge in [0.1, 0.15) is 0 Å². The molecule has 52 heavy (non-hydrogen) atoms. The molecule has 0 spiro atoms. The molecule has 0 fully saturated rings. The van der Waals surface area contributed by atoms with Crippen molar-refractivity contribution in [2.75, 3.05) is 59.2 Å². The van der Waals surface area contributed by atoms with Crippen molar-refractivity contribution in [2.24, 2.45) is 0 Å². The summed E-state index contributed by atoms with van der Waals surface area (Å²) in [5.41, 5.74) is 0. The third-order valence-corrected chi connectivity index (χ3v) is 0. The Morgan fingerprint density at radius 1 is 0.192 bits per heavy atom. The first-order chi connectivity index (χ1) is 11.7. The maximum Gasteiger partial charge on any atom is 0 e. The quantitative estimate of drug-likeness (QED) is 0.129. The molecule has 0 aromatic rings. The molecule has 0 unspecified atom stereocenters. The van der Waals surface area contributed by atoms with Gasteiger partial charge in [-0.2, -0.15) is 0 Å². The van der Waals surface area contributed by atoms with Crippen molar-refractivity contribution in [3.8, 4) is 0 Å². The van der Waals surface area contributed by atoms with Gasteiger partial charge in [-0.1, -0.05) is 192 Å². The zero-order valence-electron chi connectivity index (χ0n) is 30.4. The average molecular weight is 2870 g/mol. The summed E-state index contributed by atoms with van der Waals surface area (Å²) in [4.78, 5) is 25.9. The van der Waals surface area contributed by atoms with Crippen LogP contribution >= 0.6 is 175 Å². The van der Waals surface area contributed by atoms with E-state index in [1.54, 1.807) is 0 Å². The monoisotopic (exact) mass is 2870 g/mol. The van der Waals surface area contributed by atoms with E-state index in [4.69, 9.17) is 0 Å². The van der Waals surface area contributed by atoms with E-state index in [2.05, 4.69) is 130 Å². The van der Waals surface area contributed by atoms with Crippen LogP contribution in [0.1, 0.15) is 102 Å². The van der Waals surface area contributed by atoms with Gasteiger partial charge in [-0.15, -0.1) is 0 Å². The van der Waals surface area contributed by atoms with Crippen LogP contribution in [0.4, 0.5) is 0 Å². The van der Waals surface area contributed by atoms with Gasteiger partial charge in [0.2, 0.25) is 0 Å². The first kappa shape index (κ1) is 298. The van der Waals surface area contributed by atoms with Crippen LogP contribution in [0.2, 0.25) is 0 Å². The molecule has 0 N–H and O–H groups in total. The van der Waals surface area contributed by atoms with Crippen molar-refractivity contribution in [1.82, 2.24) is 0 Å². The molecule has 0 aliphatic heterocycles. The van der Waals surface area contributed by atoms with Crippen LogP contribution in [-0.4, -0.2) is 59.2 Å². The molecule has 0 saturated carbocycles. The molecule has 0 aromatic carbocycles. The summed E-state index contributed by atoms with van der Waals surface area (Å²) in [7, 11) is 0. The molecule has 0 rings (SSSR count). The number of hydrogen-bond donors (Lipinski definition) is 0. The topological polar surface area (TPSA) is 0 Å². The van der Waals surface area contributed by atoms with Crippen LogP contribution < -0.4 is 0 Å². The van der Waals surface area contributed by atoms with E-state index in [0.29, 0.717) is 84.8 Å². The molecule has 0 amide bonds. The predicted octanol–water partition coefficient (Wildman–Crippen LogP) is 17.3. The Hall–Kier alpha value is 23.5. The Balaban J connectivity index is -0.00000000110. The Morgan fingerprint density at radius 3 is 0.192 bits per heavy atom. The van der Waals surface area contributed by atoms with Crippen molar-refractivity contribution in [3.63, 3.8) is 0 Å². The first-order valence-corrected chi connectivity index (χ1v) is 34.1. The summed E-state index contributed by atoms with van der Waals surface area (Å²) >= 11 is 10.5. The standard InChI is InChI=1S/4C2H7I.2C2H6.4CH3I.10CH4.2CH3.16Y/c4*1-3-2;6*1-2;;;;;;;;;;;;;;;;;;;;;;;;;;;;/h4*3H,1-2H3;2*1-2H3;4*1H3;10*1H4;2*1H3;;;;;;;;;;;;;;;;/q;;;;;;;;;;;;;;;;;;;;2*-1;;;;;;;;;;;;;;;;. The van der Waals surface area contributed by atoms with Crippen molar-refractivity contribution >= 4 is 175 Å². The largest absolute Gasteiger partial charge is 0.358 e. The van der Waals surface area contributed by atoms with Gasteiger partial charge in [-0.3, -0.25) is 0 Å². The summed E-state index contributed by atoms with van der Waals surface area (Å²) in [5, 5.41) is 0. The van der Waals surface area contributed by atoms with Gasteiger partial charge in [0.05, 0.1) is 0 Å². The van der Waals surface area contributed by atoms with Gasteiger partial charge in [-0.25, -0.2) is 0 Å². The maximum atomic E-state index is 2.26. The van der Waals surface area contributed by atoms with Crippen LogP contribution in [0, 0.1) is 14.9 Å². The molecule has 16 radical (unpaired) electrons. The molecule has 0 bridgehead atoms. The number of hydrogen-bond acceptors (Lipinski definition) is 0. The second kappa shape index (κ2) is 532. The zero-order valence-corrected chi connectivity index (χ0v) is 93.7. The SMILES string of the molecule is C.C.C.C.C.C.C.C.C.C.CC.CC.CI.CI.CI.CI.C[IH]C.C[IH]C.C[IH]C.C[IH]C.[CH3-].[CH3-].[Y].[Y].[Y].[Y].[Y].[Y].[Y].[Y].[Y].[Y].[Y].[Y].[Y].[Y].[Y].[Y]. The van der Waals surface area contributed by atoms with Gasteiger partial charge in [0.25, 0.3) is 0 Å². The van der Waals surface area contributed by atoms with Gasteiger partial charge >= 0.3 is 124 Å². The normalized spacial score (nSPS) is 2.38. The fourth-order valence-corrected chi connectivity index (χ4v) is 0. The molecule has 0 aliphatic rings. The van der Waals surface area contributed by atoms with Crippen LogP contribution in [-0.2, 0) is 523 Å². The van der Waals surface area contributed by atoms with Crippen molar-refractivity contribution in [1.29, 1.82) is 0 Å². The van der Waals surface area contributed by atoms with E-state index in [1.165, 1.54) is 0 Å². The van der Waals surface area contributed by atoms with Gasteiger partial charge in [0.15, 0.2) is 0 Å². The Bertz CT molecular complexity index is 81.8. The summed E-state index contributed by atoms with van der Waals surface area (Å²) in [6.45, 7) is 8.00.